The fraction of sp³-hybridized carbons (Fsp3) is 0.286. The van der Waals surface area contributed by atoms with E-state index >= 15 is 0 Å². The van der Waals surface area contributed by atoms with Crippen LogP contribution in [-0.2, 0) is 10.0 Å². The number of nitrogens with one attached hydrogen (secondary N) is 2. The molecular weight excluding hydrogens is 336 g/mol. The minimum atomic E-state index is -3.80. The molecule has 0 saturated carbocycles. The predicted octanol–water partition coefficient (Wildman–Crippen LogP) is 0.0511. The Morgan fingerprint density at radius 3 is 2.42 bits per heavy atom. The summed E-state index contributed by atoms with van der Waals surface area (Å²) in [6, 6.07) is 8.86. The number of sulfonamides is 1. The third-order valence-corrected chi connectivity index (χ3v) is 4.38. The van der Waals surface area contributed by atoms with E-state index in [2.05, 4.69) is 20.2 Å². The summed E-state index contributed by atoms with van der Waals surface area (Å²) in [5.41, 5.74) is 0.616. The van der Waals surface area contributed by atoms with Crippen LogP contribution in [0.15, 0.2) is 41.3 Å². The third-order valence-electron chi connectivity index (χ3n) is 3.01. The maximum atomic E-state index is 12.3. The molecule has 0 aliphatic carbocycles. The second kappa shape index (κ2) is 7.90. The number of nitrogens with zero attached hydrogens (tertiary/aromatic N) is 2. The van der Waals surface area contributed by atoms with Gasteiger partial charge in [-0.3, -0.25) is 4.72 Å². The van der Waals surface area contributed by atoms with Crippen molar-refractivity contribution in [1.82, 2.24) is 10.2 Å². The molecule has 2 rings (SSSR count). The van der Waals surface area contributed by atoms with E-state index in [4.69, 9.17) is 9.84 Å². The van der Waals surface area contributed by atoms with Crippen molar-refractivity contribution in [3.8, 4) is 5.88 Å². The van der Waals surface area contributed by atoms with E-state index in [-0.39, 0.29) is 29.7 Å². The Balaban J connectivity index is 2.05. The molecule has 1 aromatic heterocycles. The molecule has 0 spiro atoms. The molecule has 0 saturated heterocycles. The monoisotopic (exact) mass is 354 g/mol. The summed E-state index contributed by atoms with van der Waals surface area (Å²) in [5, 5.41) is 28.3. The average Bonchev–Trinajstić information content (AvgIpc) is 2.60. The van der Waals surface area contributed by atoms with Crippen molar-refractivity contribution in [3.05, 3.63) is 36.4 Å². The first kappa shape index (κ1) is 17.9. The van der Waals surface area contributed by atoms with Crippen LogP contribution in [0.4, 0.5) is 11.5 Å². The van der Waals surface area contributed by atoms with Crippen LogP contribution in [0.2, 0.25) is 0 Å². The number of anilines is 2. The summed E-state index contributed by atoms with van der Waals surface area (Å²) in [6.07, 6.45) is -0.885. The van der Waals surface area contributed by atoms with E-state index in [0.29, 0.717) is 5.69 Å². The minimum absolute atomic E-state index is 0.0494. The van der Waals surface area contributed by atoms with Gasteiger partial charge < -0.3 is 20.3 Å². The molecule has 1 aromatic carbocycles. The lowest BCUT2D eigenvalue weighted by Crippen LogP contribution is -2.22. The van der Waals surface area contributed by atoms with Gasteiger partial charge in [-0.2, -0.15) is 0 Å². The largest absolute Gasteiger partial charge is 0.480 e. The van der Waals surface area contributed by atoms with Gasteiger partial charge in [-0.1, -0.05) is 0 Å². The predicted molar refractivity (Wildman–Crippen MR) is 87.4 cm³/mol. The summed E-state index contributed by atoms with van der Waals surface area (Å²) in [7, 11) is -2.36. The Morgan fingerprint density at radius 1 is 1.17 bits per heavy atom. The van der Waals surface area contributed by atoms with E-state index in [1.165, 1.54) is 31.4 Å². The highest BCUT2D eigenvalue weighted by atomic mass is 32.2. The van der Waals surface area contributed by atoms with Gasteiger partial charge in [0.05, 0.1) is 24.7 Å². The Morgan fingerprint density at radius 2 is 1.88 bits per heavy atom. The average molecular weight is 354 g/mol. The van der Waals surface area contributed by atoms with Crippen molar-refractivity contribution in [2.45, 2.75) is 11.0 Å². The highest BCUT2D eigenvalue weighted by Gasteiger charge is 2.15. The molecule has 9 nitrogen and oxygen atoms in total. The first-order valence-electron chi connectivity index (χ1n) is 6.98. The maximum absolute atomic E-state index is 12.3. The molecule has 1 unspecified atom stereocenters. The van der Waals surface area contributed by atoms with Gasteiger partial charge in [0.1, 0.15) is 0 Å². The number of hydrogen-bond donors (Lipinski definition) is 4. The molecule has 24 heavy (non-hydrogen) atoms. The van der Waals surface area contributed by atoms with Crippen molar-refractivity contribution in [1.29, 1.82) is 0 Å². The topological polar surface area (TPSA) is 134 Å². The SMILES string of the molecule is COc1ccc(NS(=O)(=O)c2ccc(NCC(O)CO)cc2)nn1. The van der Waals surface area contributed by atoms with Crippen LogP contribution < -0.4 is 14.8 Å². The van der Waals surface area contributed by atoms with Gasteiger partial charge in [-0.25, -0.2) is 8.42 Å². The van der Waals surface area contributed by atoms with Crippen LogP contribution in [0.1, 0.15) is 0 Å². The summed E-state index contributed by atoms with van der Waals surface area (Å²) >= 11 is 0. The van der Waals surface area contributed by atoms with Crippen molar-refractivity contribution in [2.24, 2.45) is 0 Å². The standard InChI is InChI=1S/C14H18N4O5S/c1-23-14-7-6-13(16-17-14)18-24(21,22)12-4-2-10(3-5-12)15-8-11(20)9-19/h2-7,11,15,19-20H,8-9H2,1H3,(H,16,18). The molecule has 2 aromatic rings. The quantitative estimate of drug-likeness (QED) is 0.522. The Labute approximate surface area is 139 Å². The second-order valence-electron chi connectivity index (χ2n) is 4.81. The van der Waals surface area contributed by atoms with Crippen LogP contribution in [0.5, 0.6) is 5.88 Å². The number of ether oxygens (including phenoxy) is 1. The van der Waals surface area contributed by atoms with Crippen LogP contribution in [0.3, 0.4) is 0 Å². The highest BCUT2D eigenvalue weighted by Crippen LogP contribution is 2.17. The maximum Gasteiger partial charge on any atom is 0.263 e. The zero-order valence-corrected chi connectivity index (χ0v) is 13.7. The van der Waals surface area contributed by atoms with E-state index in [1.54, 1.807) is 12.1 Å². The zero-order valence-electron chi connectivity index (χ0n) is 12.9. The molecule has 0 fully saturated rings. The third kappa shape index (κ3) is 4.78. The lowest BCUT2D eigenvalue weighted by atomic mass is 10.3. The molecule has 0 bridgehead atoms. The van der Waals surface area contributed by atoms with E-state index in [0.717, 1.165) is 0 Å². The fourth-order valence-corrected chi connectivity index (χ4v) is 2.73. The normalized spacial score (nSPS) is 12.5. The number of aromatic nitrogens is 2. The van der Waals surface area contributed by atoms with Gasteiger partial charge in [0.15, 0.2) is 5.82 Å². The smallest absolute Gasteiger partial charge is 0.263 e. The molecule has 4 N–H and O–H groups in total. The number of aliphatic hydroxyl groups excluding tert-OH is 2. The number of benzene rings is 1. The van der Waals surface area contributed by atoms with Gasteiger partial charge in [-0.15, -0.1) is 10.2 Å². The Kier molecular flexibility index (Phi) is 5.90. The number of rotatable bonds is 8. The first-order chi connectivity index (χ1) is 11.4. The molecule has 0 aliphatic rings. The highest BCUT2D eigenvalue weighted by molar-refractivity contribution is 7.92. The minimum Gasteiger partial charge on any atom is -0.480 e. The van der Waals surface area contributed by atoms with Crippen molar-refractivity contribution in [2.75, 3.05) is 30.3 Å². The molecule has 0 aliphatic heterocycles. The molecule has 0 amide bonds. The molecule has 10 heteroatoms. The van der Waals surface area contributed by atoms with Gasteiger partial charge in [0.2, 0.25) is 5.88 Å². The van der Waals surface area contributed by atoms with E-state index < -0.39 is 16.1 Å². The number of aliphatic hydroxyl groups is 2. The van der Waals surface area contributed by atoms with Crippen molar-refractivity contribution in [3.63, 3.8) is 0 Å². The van der Waals surface area contributed by atoms with Crippen molar-refractivity contribution < 1.29 is 23.4 Å². The molecule has 130 valence electrons. The van der Waals surface area contributed by atoms with Gasteiger partial charge in [-0.05, 0) is 30.3 Å². The van der Waals surface area contributed by atoms with E-state index in [1.807, 2.05) is 0 Å². The molecular formula is C14H18N4O5S. The zero-order chi connectivity index (χ0) is 17.6. The fourth-order valence-electron chi connectivity index (χ4n) is 1.73. The van der Waals surface area contributed by atoms with Crippen LogP contribution in [0.25, 0.3) is 0 Å². The van der Waals surface area contributed by atoms with Crippen LogP contribution in [0, 0.1) is 0 Å². The summed E-state index contributed by atoms with van der Waals surface area (Å²) in [4.78, 5) is 0.0494. The van der Waals surface area contributed by atoms with Crippen LogP contribution in [-0.4, -0.2) is 55.2 Å². The van der Waals surface area contributed by atoms with Gasteiger partial charge in [0.25, 0.3) is 10.0 Å². The van der Waals surface area contributed by atoms with E-state index in [9.17, 15) is 13.5 Å². The summed E-state index contributed by atoms with van der Waals surface area (Å²) < 4.78 is 31.7. The lowest BCUT2D eigenvalue weighted by Gasteiger charge is -2.11. The first-order valence-corrected chi connectivity index (χ1v) is 8.46. The number of hydrogen-bond acceptors (Lipinski definition) is 8. The lowest BCUT2D eigenvalue weighted by molar-refractivity contribution is 0.105. The molecule has 0 radical (unpaired) electrons. The van der Waals surface area contributed by atoms with Crippen LogP contribution >= 0.6 is 0 Å². The summed E-state index contributed by atoms with van der Waals surface area (Å²) in [5.74, 6) is 0.350. The van der Waals surface area contributed by atoms with Crippen molar-refractivity contribution >= 4 is 21.5 Å². The number of methoxy groups -OCH3 is 1. The second-order valence-corrected chi connectivity index (χ2v) is 6.49. The summed E-state index contributed by atoms with van der Waals surface area (Å²) in [6.45, 7) is -0.200. The van der Waals surface area contributed by atoms with Gasteiger partial charge >= 0.3 is 0 Å². The van der Waals surface area contributed by atoms with Gasteiger partial charge in [0, 0.05) is 18.3 Å². The Bertz CT molecular complexity index is 750. The molecule has 1 atom stereocenters. The Hall–Kier alpha value is -2.43. The molecule has 1 heterocycles.